The number of hydrogen-bond acceptors (Lipinski definition) is 20. The monoisotopic (exact) mass is 1710 g/mol. The average molecular weight is 1710 g/mol. The van der Waals surface area contributed by atoms with E-state index in [9.17, 15) is 57.9 Å². The zero-order chi connectivity index (χ0) is 86.2. The number of rotatable bonds is 84. The number of allylic oxidation sites excluding steroid dienone is 4. The minimum atomic E-state index is -4.88. The summed E-state index contributed by atoms with van der Waals surface area (Å²) in [4.78, 5) is 103. The lowest BCUT2D eigenvalue weighted by atomic mass is 10.0. The Kier molecular flexibility index (Phi) is 71.2. The molecule has 1 rings (SSSR count). The lowest BCUT2D eigenvalue weighted by Gasteiger charge is -2.23. The van der Waals surface area contributed by atoms with Gasteiger partial charge in [-0.15, -0.1) is 0 Å². The summed E-state index contributed by atoms with van der Waals surface area (Å²) in [6.45, 7) is 13.0. The summed E-state index contributed by atoms with van der Waals surface area (Å²) in [5.41, 5.74) is 0. The van der Waals surface area contributed by atoms with Crippen molar-refractivity contribution in [2.45, 2.75) is 444 Å². The maximum atomic E-state index is 13.9. The molecule has 1 saturated heterocycles. The minimum absolute atomic E-state index is 0.133. The van der Waals surface area contributed by atoms with E-state index in [1.54, 1.807) is 0 Å². The molecule has 0 saturated carbocycles. The fourth-order valence-electron chi connectivity index (χ4n) is 13.7. The summed E-state index contributed by atoms with van der Waals surface area (Å²) in [6.07, 6.45) is 50.1. The van der Waals surface area contributed by atoms with Crippen LogP contribution in [0.5, 0.6) is 0 Å². The molecule has 28 heteroatoms. The molecule has 26 nitrogen and oxygen atoms in total. The van der Waals surface area contributed by atoms with Gasteiger partial charge in [-0.3, -0.25) is 46.9 Å². The highest BCUT2D eigenvalue weighted by atomic mass is 31.2. The van der Waals surface area contributed by atoms with Gasteiger partial charge in [0, 0.05) is 39.1 Å². The first-order valence-corrected chi connectivity index (χ1v) is 49.3. The van der Waals surface area contributed by atoms with Crippen LogP contribution in [-0.4, -0.2) is 176 Å². The van der Waals surface area contributed by atoms with E-state index in [2.05, 4.69) is 87.1 Å². The second-order valence-electron chi connectivity index (χ2n) is 32.5. The number of ether oxygens (including phenoxy) is 6. The van der Waals surface area contributed by atoms with Gasteiger partial charge in [0.05, 0.1) is 76.8 Å². The van der Waals surface area contributed by atoms with Crippen molar-refractivity contribution in [3.8, 4) is 0 Å². The molecule has 0 bridgehead atoms. The molecule has 1 aliphatic heterocycles. The number of hydrogen-bond donors (Lipinski definition) is 8. The summed E-state index contributed by atoms with van der Waals surface area (Å²) in [6, 6.07) is -1.97. The van der Waals surface area contributed by atoms with Crippen molar-refractivity contribution in [3.05, 3.63) is 24.3 Å². The van der Waals surface area contributed by atoms with Gasteiger partial charge in [-0.25, -0.2) is 9.13 Å². The van der Waals surface area contributed by atoms with Gasteiger partial charge >= 0.3 is 27.6 Å². The molecule has 1 aliphatic rings. The Morgan fingerprint density at radius 1 is 0.376 bits per heavy atom. The smallest absolute Gasteiger partial charge is 0.462 e. The first kappa shape index (κ1) is 111. The van der Waals surface area contributed by atoms with Crippen LogP contribution in [-0.2, 0) is 84.4 Å². The van der Waals surface area contributed by atoms with Crippen LogP contribution in [0.4, 0.5) is 0 Å². The molecule has 0 aliphatic carbocycles. The third kappa shape index (κ3) is 67.5. The van der Waals surface area contributed by atoms with Gasteiger partial charge in [-0.1, -0.05) is 271 Å². The number of aliphatic hydroxyl groups is 2. The molecular formula is C89H168N4O22P2. The van der Waals surface area contributed by atoms with Gasteiger partial charge < -0.3 is 69.7 Å². The Hall–Kier alpha value is -3.72. The molecule has 0 aromatic rings. The Balaban J connectivity index is 3.11. The van der Waals surface area contributed by atoms with Crippen LogP contribution >= 0.6 is 15.6 Å². The van der Waals surface area contributed by atoms with Gasteiger partial charge in [0.25, 0.3) is 11.8 Å². The van der Waals surface area contributed by atoms with Crippen molar-refractivity contribution in [2.75, 3.05) is 65.9 Å². The minimum Gasteiger partial charge on any atom is -0.462 e. The van der Waals surface area contributed by atoms with Crippen LogP contribution in [0.1, 0.15) is 389 Å². The van der Waals surface area contributed by atoms with E-state index in [1.165, 1.54) is 104 Å². The number of carbonyl (C=O) groups excluding carboxylic acids is 6. The fraction of sp³-hybridized carbons (Fsp3) is 0.888. The average Bonchev–Trinajstić information content (AvgIpc) is 1.66. The summed E-state index contributed by atoms with van der Waals surface area (Å²) in [5.74, 6) is -4.88. The Morgan fingerprint density at radius 2 is 0.667 bits per heavy atom. The molecule has 0 radical (unpaired) electrons. The lowest BCUT2D eigenvalue weighted by Crippen LogP contribution is -2.48. The van der Waals surface area contributed by atoms with E-state index in [-0.39, 0.29) is 77.1 Å². The fourth-order valence-corrected chi connectivity index (χ4v) is 15.2. The number of amides is 4. The standard InChI is InChI=1S/C89H168N4O22P2/c1-9-15-21-27-31-35-39-45-51-57-79(112-83(98)59-53-47-41-37-33-29-23-17-11-3)69-81(96)92-75(71-106-65-61-77(94)55-49-43-25-19-13-5)73-110-116(102,103)108-67-63-90-87(100)85-86(115-89(7,8)114-85)88(101)91-64-68-109-117(104,105)111-74-76(72-107-66-62-78(95)56-50-44-26-20-14-6)93-82(97)70-80(58-52-46-40-36-32-28-22-16-10-2)113-84(99)60-54-48-42-38-34-30-24-18-12-4/h37-38,41-42,75-80,85-86,94-95H,9-36,39-40,43-74H2,1-8H3,(H,90,100)(H,91,101)(H,92,96)(H,93,97)(H,102,103)(H,104,105)/b41-37+,42-38+/t75?,76?,77-,78-,79-,80-,85+,86+/m1/s1. The molecule has 117 heavy (non-hydrogen) atoms. The first-order chi connectivity index (χ1) is 56.4. The van der Waals surface area contributed by atoms with Gasteiger partial charge in [0.15, 0.2) is 18.0 Å². The molecule has 4 amide bonds. The second kappa shape index (κ2) is 74.9. The molecule has 0 aromatic carbocycles. The maximum Gasteiger partial charge on any atom is 0.472 e. The van der Waals surface area contributed by atoms with Gasteiger partial charge in [-0.05, 0) is 117 Å². The third-order valence-corrected chi connectivity index (χ3v) is 22.6. The van der Waals surface area contributed by atoms with E-state index >= 15 is 0 Å². The predicted octanol–water partition coefficient (Wildman–Crippen LogP) is 19.1. The van der Waals surface area contributed by atoms with Crippen LogP contribution in [0.2, 0.25) is 0 Å². The van der Waals surface area contributed by atoms with E-state index in [0.29, 0.717) is 51.4 Å². The molecule has 686 valence electrons. The van der Waals surface area contributed by atoms with Crippen molar-refractivity contribution in [1.29, 1.82) is 0 Å². The Bertz CT molecular complexity index is 2460. The summed E-state index contributed by atoms with van der Waals surface area (Å²) >= 11 is 0. The highest BCUT2D eigenvalue weighted by Crippen LogP contribution is 2.44. The van der Waals surface area contributed by atoms with Crippen LogP contribution in [0.3, 0.4) is 0 Å². The molecule has 1 heterocycles. The molecular weight excluding hydrogens is 1540 g/mol. The molecule has 4 unspecified atom stereocenters. The second-order valence-corrected chi connectivity index (χ2v) is 35.4. The van der Waals surface area contributed by atoms with E-state index < -0.39 is 120 Å². The van der Waals surface area contributed by atoms with Crippen molar-refractivity contribution < 1.29 is 104 Å². The van der Waals surface area contributed by atoms with Gasteiger partial charge in [-0.2, -0.15) is 0 Å². The first-order valence-electron chi connectivity index (χ1n) is 46.4. The predicted molar refractivity (Wildman–Crippen MR) is 463 cm³/mol. The van der Waals surface area contributed by atoms with Crippen molar-refractivity contribution in [1.82, 2.24) is 21.3 Å². The number of unbranched alkanes of at least 4 members (excludes halogenated alkanes) is 34. The normalized spacial score (nSPS) is 16.8. The van der Waals surface area contributed by atoms with Crippen molar-refractivity contribution >= 4 is 51.2 Å². The zero-order valence-electron chi connectivity index (χ0n) is 74.3. The van der Waals surface area contributed by atoms with Gasteiger partial charge in [0.2, 0.25) is 11.8 Å². The molecule has 0 aromatic heterocycles. The molecule has 0 spiro atoms. The van der Waals surface area contributed by atoms with Crippen LogP contribution in [0.15, 0.2) is 24.3 Å². The van der Waals surface area contributed by atoms with E-state index in [1.807, 2.05) is 0 Å². The molecule has 1 fully saturated rings. The van der Waals surface area contributed by atoms with Crippen molar-refractivity contribution in [2.24, 2.45) is 0 Å². The third-order valence-electron chi connectivity index (χ3n) is 20.6. The summed E-state index contributed by atoms with van der Waals surface area (Å²) < 4.78 is 83.5. The lowest BCUT2D eigenvalue weighted by molar-refractivity contribution is -0.159. The zero-order valence-corrected chi connectivity index (χ0v) is 76.1. The summed E-state index contributed by atoms with van der Waals surface area (Å²) in [7, 11) is -9.77. The number of nitrogens with one attached hydrogen (secondary N) is 4. The maximum absolute atomic E-state index is 13.9. The quantitative estimate of drug-likeness (QED) is 0.0121. The van der Waals surface area contributed by atoms with Crippen LogP contribution in [0.25, 0.3) is 0 Å². The molecule has 8 N–H and O–H groups in total. The number of phosphoric acid groups is 2. The van der Waals surface area contributed by atoms with E-state index in [4.69, 9.17) is 46.5 Å². The van der Waals surface area contributed by atoms with Crippen molar-refractivity contribution in [3.63, 3.8) is 0 Å². The highest BCUT2D eigenvalue weighted by molar-refractivity contribution is 7.47. The number of phosphoric ester groups is 2. The van der Waals surface area contributed by atoms with Crippen LogP contribution < -0.4 is 21.3 Å². The number of esters is 2. The van der Waals surface area contributed by atoms with Gasteiger partial charge in [0.1, 0.15) is 12.2 Å². The Labute approximate surface area is 707 Å². The van der Waals surface area contributed by atoms with Crippen LogP contribution in [0, 0.1) is 0 Å². The van der Waals surface area contributed by atoms with E-state index in [0.717, 1.165) is 167 Å². The largest absolute Gasteiger partial charge is 0.472 e. The summed E-state index contributed by atoms with van der Waals surface area (Å²) in [5, 5.41) is 32.1. The number of aliphatic hydroxyl groups excluding tert-OH is 2. The SMILES string of the molecule is CCCCCC/C=C/CCCC(=O)O[C@H](CCCCCCCCCCC)CC(=O)NC(COCC[C@H](O)CCCCCCC)COP(=O)(O)OCCNC(=O)[C@H]1OC(C)(C)O[C@@H]1C(=O)NCCOP(=O)(O)OCC(COCC[C@H](O)CCCCCCC)NC(=O)C[C@@H](CCCCCCCCCCC)OC(=O)CCC/C=C/CCCCCC. The number of carbonyl (C=O) groups is 6. The Morgan fingerprint density at radius 3 is 0.991 bits per heavy atom. The molecule has 10 atom stereocenters. The topological polar surface area (TPSA) is 358 Å². The highest BCUT2D eigenvalue weighted by Gasteiger charge is 2.49.